The predicted molar refractivity (Wildman–Crippen MR) is 86.2 cm³/mol. The van der Waals surface area contributed by atoms with Gasteiger partial charge in [-0.2, -0.15) is 0 Å². The number of carbonyl (C=O) groups is 1. The third kappa shape index (κ3) is 3.29. The molecule has 1 aliphatic carbocycles. The number of nitrogens with one attached hydrogen (secondary N) is 1. The summed E-state index contributed by atoms with van der Waals surface area (Å²) in [6, 6.07) is 11.7. The molecule has 0 spiro atoms. The van der Waals surface area contributed by atoms with Gasteiger partial charge < -0.3 is 14.6 Å². The Morgan fingerprint density at radius 3 is 2.74 bits per heavy atom. The molecule has 122 valence electrons. The maximum Gasteiger partial charge on any atom is 0.273 e. The van der Waals surface area contributed by atoms with Gasteiger partial charge in [0, 0.05) is 19.1 Å². The van der Waals surface area contributed by atoms with E-state index in [1.807, 2.05) is 37.3 Å². The van der Waals surface area contributed by atoms with Crippen LogP contribution in [0.15, 0.2) is 40.9 Å². The van der Waals surface area contributed by atoms with Gasteiger partial charge in [0.1, 0.15) is 11.4 Å². The monoisotopic (exact) mass is 314 g/mol. The molecule has 1 aromatic carbocycles. The Morgan fingerprint density at radius 1 is 1.39 bits per heavy atom. The molecule has 2 aromatic rings. The molecule has 1 aromatic heterocycles. The lowest BCUT2D eigenvalue weighted by atomic mass is 9.90. The van der Waals surface area contributed by atoms with Crippen molar-refractivity contribution < 1.29 is 14.1 Å². The van der Waals surface area contributed by atoms with E-state index in [0.717, 1.165) is 30.6 Å². The van der Waals surface area contributed by atoms with Crippen molar-refractivity contribution in [1.29, 1.82) is 0 Å². The van der Waals surface area contributed by atoms with Crippen molar-refractivity contribution in [1.82, 2.24) is 10.5 Å². The van der Waals surface area contributed by atoms with Crippen molar-refractivity contribution in [2.75, 3.05) is 13.7 Å². The number of hydrogen-bond donors (Lipinski definition) is 1. The first-order chi connectivity index (χ1) is 11.2. The highest BCUT2D eigenvalue weighted by molar-refractivity contribution is 5.92. The van der Waals surface area contributed by atoms with Crippen LogP contribution in [0.25, 0.3) is 0 Å². The number of carbonyl (C=O) groups excluding carboxylic acids is 1. The van der Waals surface area contributed by atoms with Gasteiger partial charge in [0.05, 0.1) is 6.54 Å². The van der Waals surface area contributed by atoms with Gasteiger partial charge >= 0.3 is 0 Å². The van der Waals surface area contributed by atoms with Gasteiger partial charge in [-0.15, -0.1) is 0 Å². The van der Waals surface area contributed by atoms with Crippen molar-refractivity contribution in [3.8, 4) is 0 Å². The van der Waals surface area contributed by atoms with E-state index in [2.05, 4.69) is 10.5 Å². The Bertz CT molecular complexity index is 658. The lowest BCUT2D eigenvalue weighted by Gasteiger charge is -2.32. The first-order valence-electron chi connectivity index (χ1n) is 8.04. The summed E-state index contributed by atoms with van der Waals surface area (Å²) in [5.41, 5.74) is 0.838. The lowest BCUT2D eigenvalue weighted by Crippen LogP contribution is -2.42. The quantitative estimate of drug-likeness (QED) is 0.852. The van der Waals surface area contributed by atoms with E-state index in [1.165, 1.54) is 0 Å². The highest BCUT2D eigenvalue weighted by Crippen LogP contribution is 2.40. The smallest absolute Gasteiger partial charge is 0.273 e. The largest absolute Gasteiger partial charge is 0.372 e. The molecule has 1 amide bonds. The molecule has 0 radical (unpaired) electrons. The normalized spacial score (nSPS) is 16.8. The molecule has 3 rings (SSSR count). The number of benzene rings is 1. The molecule has 5 heteroatoms. The molecule has 0 bridgehead atoms. The Morgan fingerprint density at radius 2 is 2.13 bits per heavy atom. The third-order valence-electron chi connectivity index (χ3n) is 4.54. The second-order valence-electron chi connectivity index (χ2n) is 5.99. The molecule has 1 heterocycles. The Balaban J connectivity index is 1.69. The second-order valence-corrected chi connectivity index (χ2v) is 5.99. The fourth-order valence-electron chi connectivity index (χ4n) is 2.78. The fourth-order valence-corrected chi connectivity index (χ4v) is 2.78. The summed E-state index contributed by atoms with van der Waals surface area (Å²) in [4.78, 5) is 12.3. The zero-order chi connectivity index (χ0) is 16.3. The third-order valence-corrected chi connectivity index (χ3v) is 4.54. The maximum absolute atomic E-state index is 12.3. The van der Waals surface area contributed by atoms with Crippen LogP contribution in [0.5, 0.6) is 0 Å². The number of hydrogen-bond acceptors (Lipinski definition) is 4. The number of ether oxygens (including phenoxy) is 1. The number of methoxy groups -OCH3 is 1. The Hall–Kier alpha value is -2.14. The van der Waals surface area contributed by atoms with E-state index in [4.69, 9.17) is 9.26 Å². The van der Waals surface area contributed by atoms with E-state index < -0.39 is 5.60 Å². The summed E-state index contributed by atoms with van der Waals surface area (Å²) in [5.74, 6) is 1.03. The van der Waals surface area contributed by atoms with Crippen LogP contribution in [0.2, 0.25) is 0 Å². The molecule has 1 saturated carbocycles. The molecular formula is C18H22N2O3. The maximum atomic E-state index is 12.3. The summed E-state index contributed by atoms with van der Waals surface area (Å²) >= 11 is 0. The molecule has 1 atom stereocenters. The first kappa shape index (κ1) is 15.7. The average Bonchev–Trinajstić information content (AvgIpc) is 3.34. The van der Waals surface area contributed by atoms with Crippen molar-refractivity contribution in [2.45, 2.75) is 37.7 Å². The van der Waals surface area contributed by atoms with E-state index in [-0.39, 0.29) is 5.91 Å². The van der Waals surface area contributed by atoms with Crippen LogP contribution in [0.1, 0.15) is 53.9 Å². The molecule has 5 nitrogen and oxygen atoms in total. The summed E-state index contributed by atoms with van der Waals surface area (Å²) < 4.78 is 11.0. The van der Waals surface area contributed by atoms with Crippen LogP contribution in [0, 0.1) is 0 Å². The van der Waals surface area contributed by atoms with Crippen molar-refractivity contribution in [2.24, 2.45) is 0 Å². The number of nitrogens with zero attached hydrogens (tertiary/aromatic N) is 1. The van der Waals surface area contributed by atoms with Gasteiger partial charge in [0.2, 0.25) is 0 Å². The molecular weight excluding hydrogens is 292 g/mol. The van der Waals surface area contributed by atoms with E-state index in [9.17, 15) is 4.79 Å². The summed E-state index contributed by atoms with van der Waals surface area (Å²) in [7, 11) is 1.67. The Labute approximate surface area is 136 Å². The number of amides is 1. The topological polar surface area (TPSA) is 64.4 Å². The molecule has 1 fully saturated rings. The second kappa shape index (κ2) is 6.54. The minimum absolute atomic E-state index is 0.230. The zero-order valence-electron chi connectivity index (χ0n) is 13.5. The zero-order valence-corrected chi connectivity index (χ0v) is 13.5. The number of rotatable bonds is 7. The van der Waals surface area contributed by atoms with Crippen LogP contribution in [0.4, 0.5) is 0 Å². The molecule has 0 saturated heterocycles. The first-order valence-corrected chi connectivity index (χ1v) is 8.04. The van der Waals surface area contributed by atoms with E-state index >= 15 is 0 Å². The van der Waals surface area contributed by atoms with Gasteiger partial charge in [-0.25, -0.2) is 0 Å². The molecule has 1 N–H and O–H groups in total. The molecule has 0 aliphatic heterocycles. The van der Waals surface area contributed by atoms with Gasteiger partial charge in [-0.1, -0.05) is 42.4 Å². The molecule has 23 heavy (non-hydrogen) atoms. The van der Waals surface area contributed by atoms with Crippen molar-refractivity contribution in [3.05, 3.63) is 53.4 Å². The molecule has 1 aliphatic rings. The van der Waals surface area contributed by atoms with Gasteiger partial charge in [-0.3, -0.25) is 4.79 Å². The standard InChI is InChI=1S/C18H22N2O3/c1-3-18(22-2,14-7-5-4-6-8-14)12-19-17(21)15-11-16(23-20-15)13-9-10-13/h4-8,11,13H,3,9-10,12H2,1-2H3,(H,19,21). The van der Waals surface area contributed by atoms with E-state index in [0.29, 0.717) is 18.2 Å². The van der Waals surface area contributed by atoms with Crippen LogP contribution < -0.4 is 5.32 Å². The predicted octanol–water partition coefficient (Wildman–Crippen LogP) is 3.23. The molecule has 1 unspecified atom stereocenters. The fraction of sp³-hybridized carbons (Fsp3) is 0.444. The minimum Gasteiger partial charge on any atom is -0.372 e. The van der Waals surface area contributed by atoms with Gasteiger partial charge in [0.15, 0.2) is 5.69 Å². The summed E-state index contributed by atoms with van der Waals surface area (Å²) in [5, 5.41) is 6.80. The lowest BCUT2D eigenvalue weighted by molar-refractivity contribution is -0.0164. The van der Waals surface area contributed by atoms with Crippen LogP contribution in [-0.2, 0) is 10.3 Å². The number of aromatic nitrogens is 1. The van der Waals surface area contributed by atoms with Crippen LogP contribution in [-0.4, -0.2) is 24.7 Å². The SMILES string of the molecule is CCC(CNC(=O)c1cc(C2CC2)on1)(OC)c1ccccc1. The average molecular weight is 314 g/mol. The summed E-state index contributed by atoms with van der Waals surface area (Å²) in [6.45, 7) is 2.43. The van der Waals surface area contributed by atoms with Gasteiger partial charge in [-0.05, 0) is 24.8 Å². The van der Waals surface area contributed by atoms with E-state index in [1.54, 1.807) is 13.2 Å². The van der Waals surface area contributed by atoms with Gasteiger partial charge in [0.25, 0.3) is 5.91 Å². The highest BCUT2D eigenvalue weighted by Gasteiger charge is 2.32. The van der Waals surface area contributed by atoms with Crippen LogP contribution >= 0.6 is 0 Å². The van der Waals surface area contributed by atoms with Crippen molar-refractivity contribution in [3.63, 3.8) is 0 Å². The Kier molecular flexibility index (Phi) is 4.48. The highest BCUT2D eigenvalue weighted by atomic mass is 16.5. The van der Waals surface area contributed by atoms with Crippen LogP contribution in [0.3, 0.4) is 0 Å². The van der Waals surface area contributed by atoms with Crippen molar-refractivity contribution >= 4 is 5.91 Å². The minimum atomic E-state index is -0.542. The summed E-state index contributed by atoms with van der Waals surface area (Å²) in [6.07, 6.45) is 2.99.